The lowest BCUT2D eigenvalue weighted by Crippen LogP contribution is -2.03. The Morgan fingerprint density at radius 2 is 1.81 bits per heavy atom. The highest BCUT2D eigenvalue weighted by Crippen LogP contribution is 2.30. The number of para-hydroxylation sites is 1. The van der Waals surface area contributed by atoms with Gasteiger partial charge in [0.25, 0.3) is 0 Å². The number of thioether (sulfide) groups is 1. The van der Waals surface area contributed by atoms with Crippen LogP contribution in [-0.2, 0) is 0 Å². The van der Waals surface area contributed by atoms with Crippen molar-refractivity contribution < 1.29 is 14.3 Å². The van der Waals surface area contributed by atoms with Crippen LogP contribution in [0.25, 0.3) is 0 Å². The lowest BCUT2D eigenvalue weighted by Gasteiger charge is -2.08. The molecule has 0 aliphatic rings. The quantitative estimate of drug-likeness (QED) is 0.585. The summed E-state index contributed by atoms with van der Waals surface area (Å²) in [5, 5.41) is 0.436. The highest BCUT2D eigenvalue weighted by atomic mass is 35.5. The predicted octanol–water partition coefficient (Wildman–Crippen LogP) is 4.33. The van der Waals surface area contributed by atoms with Crippen LogP contribution in [0.4, 0.5) is 0 Å². The fraction of sp³-hybridized carbons (Fsp3) is 0.188. The maximum Gasteiger partial charge on any atom is 0.173 e. The molecule has 0 bridgehead atoms. The van der Waals surface area contributed by atoms with Gasteiger partial charge >= 0.3 is 0 Å². The van der Waals surface area contributed by atoms with E-state index in [-0.39, 0.29) is 5.78 Å². The fourth-order valence-electron chi connectivity index (χ4n) is 1.80. The van der Waals surface area contributed by atoms with Crippen molar-refractivity contribution in [2.75, 3.05) is 20.0 Å². The summed E-state index contributed by atoms with van der Waals surface area (Å²) in [6.45, 7) is 0. The third kappa shape index (κ3) is 3.93. The van der Waals surface area contributed by atoms with Gasteiger partial charge in [-0.15, -0.1) is 11.8 Å². The molecule has 0 saturated heterocycles. The molecule has 0 spiro atoms. The van der Waals surface area contributed by atoms with Crippen molar-refractivity contribution in [2.45, 2.75) is 4.90 Å². The van der Waals surface area contributed by atoms with Gasteiger partial charge in [-0.05, 0) is 30.3 Å². The van der Waals surface area contributed by atoms with Crippen LogP contribution in [0.5, 0.6) is 11.5 Å². The normalized spacial score (nSPS) is 10.2. The van der Waals surface area contributed by atoms with Gasteiger partial charge in [-0.1, -0.05) is 23.7 Å². The zero-order chi connectivity index (χ0) is 15.2. The molecule has 0 aliphatic heterocycles. The molecule has 0 fully saturated rings. The van der Waals surface area contributed by atoms with Gasteiger partial charge < -0.3 is 9.47 Å². The molecule has 0 heterocycles. The molecular formula is C16H15ClO3S. The van der Waals surface area contributed by atoms with E-state index in [9.17, 15) is 4.79 Å². The van der Waals surface area contributed by atoms with Crippen LogP contribution < -0.4 is 9.47 Å². The Bertz CT molecular complexity index is 643. The van der Waals surface area contributed by atoms with Gasteiger partial charge in [0.2, 0.25) is 0 Å². The van der Waals surface area contributed by atoms with E-state index in [0.717, 1.165) is 10.6 Å². The minimum absolute atomic E-state index is 0.00968. The van der Waals surface area contributed by atoms with Gasteiger partial charge in [-0.2, -0.15) is 0 Å². The van der Waals surface area contributed by atoms with Gasteiger partial charge in [0.1, 0.15) is 11.5 Å². The molecule has 3 nitrogen and oxygen atoms in total. The zero-order valence-corrected chi connectivity index (χ0v) is 13.3. The summed E-state index contributed by atoms with van der Waals surface area (Å²) in [5.41, 5.74) is 0.572. The summed E-state index contributed by atoms with van der Waals surface area (Å²) >= 11 is 7.48. The number of hydrogen-bond donors (Lipinski definition) is 0. The summed E-state index contributed by atoms with van der Waals surface area (Å²) in [4.78, 5) is 13.1. The smallest absolute Gasteiger partial charge is 0.173 e. The first kappa shape index (κ1) is 15.7. The molecule has 0 atom stereocenters. The number of hydrogen-bond acceptors (Lipinski definition) is 4. The molecule has 5 heteroatoms. The summed E-state index contributed by atoms with van der Waals surface area (Å²) in [6, 6.07) is 12.7. The van der Waals surface area contributed by atoms with Crippen molar-refractivity contribution in [3.05, 3.63) is 53.1 Å². The number of carbonyl (C=O) groups is 1. The number of rotatable bonds is 6. The third-order valence-electron chi connectivity index (χ3n) is 2.90. The van der Waals surface area contributed by atoms with Crippen LogP contribution in [0.2, 0.25) is 5.02 Å². The van der Waals surface area contributed by atoms with Crippen LogP contribution in [0.3, 0.4) is 0 Å². The number of benzene rings is 2. The van der Waals surface area contributed by atoms with E-state index >= 15 is 0 Å². The maximum atomic E-state index is 12.2. The second-order valence-corrected chi connectivity index (χ2v) is 5.64. The minimum atomic E-state index is 0.00968. The SMILES string of the molecule is COc1ccc(C(=O)CSc2ccccc2OC)cc1Cl. The number of ether oxygens (including phenoxy) is 2. The van der Waals surface area contributed by atoms with Crippen LogP contribution in [0.1, 0.15) is 10.4 Å². The second-order valence-electron chi connectivity index (χ2n) is 4.21. The number of ketones is 1. The molecule has 2 aromatic rings. The summed E-state index contributed by atoms with van der Waals surface area (Å²) in [6.07, 6.45) is 0. The molecule has 2 aromatic carbocycles. The first-order valence-corrected chi connectivity index (χ1v) is 7.64. The van der Waals surface area contributed by atoms with Crippen molar-refractivity contribution in [1.29, 1.82) is 0 Å². The first-order chi connectivity index (χ1) is 10.2. The number of methoxy groups -OCH3 is 2. The van der Waals surface area contributed by atoms with E-state index < -0.39 is 0 Å². The average molecular weight is 323 g/mol. The van der Waals surface area contributed by atoms with Gasteiger partial charge in [0, 0.05) is 10.5 Å². The first-order valence-electron chi connectivity index (χ1n) is 6.28. The number of halogens is 1. The highest BCUT2D eigenvalue weighted by molar-refractivity contribution is 8.00. The van der Waals surface area contributed by atoms with Crippen molar-refractivity contribution in [3.63, 3.8) is 0 Å². The van der Waals surface area contributed by atoms with Crippen molar-refractivity contribution >= 4 is 29.1 Å². The van der Waals surface area contributed by atoms with Crippen LogP contribution >= 0.6 is 23.4 Å². The molecule has 0 N–H and O–H groups in total. The Morgan fingerprint density at radius 1 is 1.10 bits per heavy atom. The van der Waals surface area contributed by atoms with E-state index in [1.165, 1.54) is 11.8 Å². The molecule has 0 aromatic heterocycles. The Hall–Kier alpha value is -1.65. The topological polar surface area (TPSA) is 35.5 Å². The Labute approximate surface area is 133 Å². The van der Waals surface area contributed by atoms with Crippen molar-refractivity contribution in [2.24, 2.45) is 0 Å². The number of carbonyl (C=O) groups excluding carboxylic acids is 1. The molecule has 0 saturated carbocycles. The van der Waals surface area contributed by atoms with E-state index in [1.54, 1.807) is 32.4 Å². The minimum Gasteiger partial charge on any atom is -0.496 e. The predicted molar refractivity (Wildman–Crippen MR) is 86.1 cm³/mol. The largest absolute Gasteiger partial charge is 0.496 e. The standard InChI is InChI=1S/C16H15ClO3S/c1-19-14-8-7-11(9-12(14)17)13(18)10-21-16-6-4-3-5-15(16)20-2/h3-9H,10H2,1-2H3. The summed E-state index contributed by atoms with van der Waals surface area (Å²) in [5.74, 6) is 1.66. The lowest BCUT2D eigenvalue weighted by molar-refractivity contribution is 0.102. The van der Waals surface area contributed by atoms with Crippen molar-refractivity contribution in [1.82, 2.24) is 0 Å². The zero-order valence-electron chi connectivity index (χ0n) is 11.8. The van der Waals surface area contributed by atoms with E-state index in [1.807, 2.05) is 24.3 Å². The summed E-state index contributed by atoms with van der Waals surface area (Å²) in [7, 11) is 3.16. The molecule has 0 aliphatic carbocycles. The monoisotopic (exact) mass is 322 g/mol. The Kier molecular flexibility index (Phi) is 5.53. The van der Waals surface area contributed by atoms with Gasteiger partial charge in [0.15, 0.2) is 5.78 Å². The summed E-state index contributed by atoms with van der Waals surface area (Å²) < 4.78 is 10.3. The van der Waals surface area contributed by atoms with Crippen molar-refractivity contribution in [3.8, 4) is 11.5 Å². The average Bonchev–Trinajstić information content (AvgIpc) is 2.52. The third-order valence-corrected chi connectivity index (χ3v) is 4.25. The molecule has 2 rings (SSSR count). The number of Topliss-reactive ketones (excluding diaryl/α,β-unsaturated/α-hetero) is 1. The van der Waals surface area contributed by atoms with E-state index in [2.05, 4.69) is 0 Å². The second kappa shape index (κ2) is 7.38. The molecular weight excluding hydrogens is 308 g/mol. The Morgan fingerprint density at radius 3 is 2.48 bits per heavy atom. The van der Waals surface area contributed by atoms with Gasteiger partial charge in [-0.3, -0.25) is 4.79 Å². The molecule has 0 unspecified atom stereocenters. The highest BCUT2D eigenvalue weighted by Gasteiger charge is 2.11. The fourth-order valence-corrected chi connectivity index (χ4v) is 2.98. The van der Waals surface area contributed by atoms with Gasteiger partial charge in [0.05, 0.1) is 25.0 Å². The van der Waals surface area contributed by atoms with Crippen LogP contribution in [-0.4, -0.2) is 25.8 Å². The lowest BCUT2D eigenvalue weighted by atomic mass is 10.1. The molecule has 0 radical (unpaired) electrons. The Balaban J connectivity index is 2.06. The van der Waals surface area contributed by atoms with Crippen LogP contribution in [0, 0.1) is 0 Å². The van der Waals surface area contributed by atoms with E-state index in [4.69, 9.17) is 21.1 Å². The molecule has 0 amide bonds. The maximum absolute atomic E-state index is 12.2. The molecule has 110 valence electrons. The molecule has 21 heavy (non-hydrogen) atoms. The van der Waals surface area contributed by atoms with Gasteiger partial charge in [-0.25, -0.2) is 0 Å². The van der Waals surface area contributed by atoms with Crippen LogP contribution in [0.15, 0.2) is 47.4 Å². The van der Waals surface area contributed by atoms with E-state index in [0.29, 0.717) is 22.1 Å².